The molecule has 1 amide bonds. The number of hydrogen-bond donors (Lipinski definition) is 1. The zero-order valence-electron chi connectivity index (χ0n) is 10.8. The maximum Gasteiger partial charge on any atom is 0.255 e. The fourth-order valence-corrected chi connectivity index (χ4v) is 3.06. The molecular formula is C14H17Cl2NO2. The Hall–Kier alpha value is -0.770. The SMILES string of the molecule is CN(CC1(O)CCCC1)C(=O)c1ccc(Cl)cc1Cl. The topological polar surface area (TPSA) is 40.5 Å². The van der Waals surface area contributed by atoms with Gasteiger partial charge in [-0.25, -0.2) is 0 Å². The molecule has 0 spiro atoms. The van der Waals surface area contributed by atoms with Crippen molar-refractivity contribution in [3.8, 4) is 0 Å². The summed E-state index contributed by atoms with van der Waals surface area (Å²) in [5.41, 5.74) is -0.335. The molecular weight excluding hydrogens is 285 g/mol. The van der Waals surface area contributed by atoms with Crippen molar-refractivity contribution in [2.45, 2.75) is 31.3 Å². The lowest BCUT2D eigenvalue weighted by Gasteiger charge is -2.28. The molecule has 0 heterocycles. The number of rotatable bonds is 3. The largest absolute Gasteiger partial charge is 0.388 e. The van der Waals surface area contributed by atoms with Crippen molar-refractivity contribution in [3.05, 3.63) is 33.8 Å². The van der Waals surface area contributed by atoms with Gasteiger partial charge < -0.3 is 10.0 Å². The van der Waals surface area contributed by atoms with Crippen LogP contribution in [0.25, 0.3) is 0 Å². The Morgan fingerprint density at radius 1 is 1.37 bits per heavy atom. The first-order chi connectivity index (χ1) is 8.91. The molecule has 0 radical (unpaired) electrons. The van der Waals surface area contributed by atoms with Gasteiger partial charge in [0.15, 0.2) is 0 Å². The van der Waals surface area contributed by atoms with Crippen LogP contribution in [0.5, 0.6) is 0 Å². The zero-order valence-corrected chi connectivity index (χ0v) is 12.3. The molecule has 0 aliphatic heterocycles. The molecule has 2 rings (SSSR count). The van der Waals surface area contributed by atoms with Gasteiger partial charge in [0, 0.05) is 18.6 Å². The van der Waals surface area contributed by atoms with Gasteiger partial charge in [0.05, 0.1) is 16.2 Å². The Labute approximate surface area is 123 Å². The Morgan fingerprint density at radius 3 is 2.58 bits per heavy atom. The van der Waals surface area contributed by atoms with E-state index in [0.29, 0.717) is 22.2 Å². The number of hydrogen-bond acceptors (Lipinski definition) is 2. The second kappa shape index (κ2) is 5.70. The maximum absolute atomic E-state index is 12.3. The predicted molar refractivity (Wildman–Crippen MR) is 76.8 cm³/mol. The van der Waals surface area contributed by atoms with Crippen LogP contribution in [0, 0.1) is 0 Å². The van der Waals surface area contributed by atoms with Crippen LogP contribution in [0.3, 0.4) is 0 Å². The monoisotopic (exact) mass is 301 g/mol. The summed E-state index contributed by atoms with van der Waals surface area (Å²) in [6, 6.07) is 4.80. The van der Waals surface area contributed by atoms with Crippen molar-refractivity contribution in [3.63, 3.8) is 0 Å². The Bertz CT molecular complexity index is 484. The van der Waals surface area contributed by atoms with E-state index in [1.165, 1.54) is 4.90 Å². The van der Waals surface area contributed by atoms with Crippen LogP contribution in [0.2, 0.25) is 10.0 Å². The van der Waals surface area contributed by atoms with E-state index >= 15 is 0 Å². The lowest BCUT2D eigenvalue weighted by Crippen LogP contribution is -2.42. The van der Waals surface area contributed by atoms with Crippen molar-refractivity contribution >= 4 is 29.1 Å². The van der Waals surface area contributed by atoms with Gasteiger partial charge in [-0.05, 0) is 31.0 Å². The van der Waals surface area contributed by atoms with E-state index in [-0.39, 0.29) is 5.91 Å². The maximum atomic E-state index is 12.3. The van der Waals surface area contributed by atoms with Gasteiger partial charge in [-0.1, -0.05) is 36.0 Å². The van der Waals surface area contributed by atoms with E-state index in [1.54, 1.807) is 25.2 Å². The van der Waals surface area contributed by atoms with Crippen molar-refractivity contribution in [2.24, 2.45) is 0 Å². The average Bonchev–Trinajstić information content (AvgIpc) is 2.75. The molecule has 0 unspecified atom stereocenters. The minimum absolute atomic E-state index is 0.193. The zero-order chi connectivity index (χ0) is 14.0. The normalized spacial score (nSPS) is 17.5. The summed E-state index contributed by atoms with van der Waals surface area (Å²) in [5, 5.41) is 11.2. The van der Waals surface area contributed by atoms with Gasteiger partial charge in [-0.15, -0.1) is 0 Å². The molecule has 1 N–H and O–H groups in total. The van der Waals surface area contributed by atoms with Crippen molar-refractivity contribution in [1.29, 1.82) is 0 Å². The summed E-state index contributed by atoms with van der Waals surface area (Å²) in [6.45, 7) is 0.338. The van der Waals surface area contributed by atoms with E-state index in [4.69, 9.17) is 23.2 Å². The molecule has 1 aromatic rings. The molecule has 0 bridgehead atoms. The van der Waals surface area contributed by atoms with E-state index in [9.17, 15) is 9.90 Å². The van der Waals surface area contributed by atoms with E-state index in [2.05, 4.69) is 0 Å². The summed E-state index contributed by atoms with van der Waals surface area (Å²) in [7, 11) is 1.68. The molecule has 0 saturated heterocycles. The first-order valence-corrected chi connectivity index (χ1v) is 7.10. The second-order valence-electron chi connectivity index (χ2n) is 5.22. The first kappa shape index (κ1) is 14.6. The van der Waals surface area contributed by atoms with Crippen molar-refractivity contribution in [1.82, 2.24) is 4.90 Å². The molecule has 19 heavy (non-hydrogen) atoms. The molecule has 5 heteroatoms. The Balaban J connectivity index is 2.10. The molecule has 104 valence electrons. The molecule has 1 aromatic carbocycles. The quantitative estimate of drug-likeness (QED) is 0.930. The predicted octanol–water partition coefficient (Wildman–Crippen LogP) is 3.37. The third kappa shape index (κ3) is 3.41. The number of carbonyl (C=O) groups excluding carboxylic acids is 1. The van der Waals surface area contributed by atoms with Gasteiger partial charge in [0.25, 0.3) is 5.91 Å². The molecule has 3 nitrogen and oxygen atoms in total. The summed E-state index contributed by atoms with van der Waals surface area (Å²) in [5.74, 6) is -0.193. The molecule has 1 saturated carbocycles. The van der Waals surface area contributed by atoms with Gasteiger partial charge >= 0.3 is 0 Å². The third-order valence-electron chi connectivity index (χ3n) is 3.57. The molecule has 0 atom stereocenters. The Morgan fingerprint density at radius 2 is 2.00 bits per heavy atom. The highest BCUT2D eigenvalue weighted by atomic mass is 35.5. The van der Waals surface area contributed by atoms with Crippen LogP contribution in [0.15, 0.2) is 18.2 Å². The molecule has 1 aliphatic carbocycles. The van der Waals surface area contributed by atoms with Gasteiger partial charge in [-0.2, -0.15) is 0 Å². The van der Waals surface area contributed by atoms with Crippen LogP contribution < -0.4 is 0 Å². The third-order valence-corrected chi connectivity index (χ3v) is 4.12. The highest BCUT2D eigenvalue weighted by Gasteiger charge is 2.33. The van der Waals surface area contributed by atoms with Crippen molar-refractivity contribution in [2.75, 3.05) is 13.6 Å². The number of likely N-dealkylation sites (N-methyl/N-ethyl adjacent to an activating group) is 1. The fourth-order valence-electron chi connectivity index (χ4n) is 2.57. The average molecular weight is 302 g/mol. The standard InChI is InChI=1S/C14H17Cl2NO2/c1-17(9-14(19)6-2-3-7-14)13(18)11-5-4-10(15)8-12(11)16/h4-5,8,19H,2-3,6-7,9H2,1H3. The number of aliphatic hydroxyl groups is 1. The molecule has 1 fully saturated rings. The lowest BCUT2D eigenvalue weighted by atomic mass is 10.0. The number of nitrogens with zero attached hydrogens (tertiary/aromatic N) is 1. The smallest absolute Gasteiger partial charge is 0.255 e. The summed E-state index contributed by atoms with van der Waals surface area (Å²) in [4.78, 5) is 13.8. The lowest BCUT2D eigenvalue weighted by molar-refractivity contribution is 0.0157. The minimum Gasteiger partial charge on any atom is -0.388 e. The summed E-state index contributed by atoms with van der Waals surface area (Å²) >= 11 is 11.8. The number of halogens is 2. The van der Waals surface area contributed by atoms with Gasteiger partial charge in [-0.3, -0.25) is 4.79 Å². The van der Waals surface area contributed by atoms with Gasteiger partial charge in [0.1, 0.15) is 0 Å². The highest BCUT2D eigenvalue weighted by Crippen LogP contribution is 2.30. The van der Waals surface area contributed by atoms with Crippen molar-refractivity contribution < 1.29 is 9.90 Å². The molecule has 0 aromatic heterocycles. The van der Waals surface area contributed by atoms with E-state index in [1.807, 2.05) is 0 Å². The van der Waals surface area contributed by atoms with Crippen LogP contribution >= 0.6 is 23.2 Å². The summed E-state index contributed by atoms with van der Waals surface area (Å²) < 4.78 is 0. The fraction of sp³-hybridized carbons (Fsp3) is 0.500. The number of amides is 1. The second-order valence-corrected chi connectivity index (χ2v) is 6.06. The first-order valence-electron chi connectivity index (χ1n) is 6.34. The molecule has 1 aliphatic rings. The van der Waals surface area contributed by atoms with Crippen LogP contribution in [-0.4, -0.2) is 35.1 Å². The van der Waals surface area contributed by atoms with Crippen LogP contribution in [-0.2, 0) is 0 Å². The van der Waals surface area contributed by atoms with E-state index in [0.717, 1.165) is 25.7 Å². The minimum atomic E-state index is -0.747. The van der Waals surface area contributed by atoms with Crippen LogP contribution in [0.1, 0.15) is 36.0 Å². The number of carbonyl (C=O) groups is 1. The van der Waals surface area contributed by atoms with Crippen LogP contribution in [0.4, 0.5) is 0 Å². The van der Waals surface area contributed by atoms with E-state index < -0.39 is 5.60 Å². The Kier molecular flexibility index (Phi) is 4.39. The summed E-state index contributed by atoms with van der Waals surface area (Å²) in [6.07, 6.45) is 3.53. The number of benzene rings is 1. The van der Waals surface area contributed by atoms with Gasteiger partial charge in [0.2, 0.25) is 0 Å². The highest BCUT2D eigenvalue weighted by molar-refractivity contribution is 6.36.